The Labute approximate surface area is 115 Å². The van der Waals surface area contributed by atoms with Crippen LogP contribution < -0.4 is 10.6 Å². The average Bonchev–Trinajstić information content (AvgIpc) is 2.37. The van der Waals surface area contributed by atoms with Gasteiger partial charge in [-0.15, -0.1) is 0 Å². The molecule has 0 atom stereocenters. The van der Waals surface area contributed by atoms with Crippen molar-refractivity contribution in [3.8, 4) is 0 Å². The van der Waals surface area contributed by atoms with Gasteiger partial charge in [-0.2, -0.15) is 0 Å². The fourth-order valence-electron chi connectivity index (χ4n) is 1.72. The lowest BCUT2D eigenvalue weighted by atomic mass is 10.1. The first-order chi connectivity index (χ1) is 8.67. The number of anilines is 1. The summed E-state index contributed by atoms with van der Waals surface area (Å²) >= 11 is 5.23. The standard InChI is InChI=1S/C14H22N2OS/c1-4-12-10-13(7-6-11(12)2)16-14(18)15-8-5-9-17-3/h6-7,10H,4-5,8-9H2,1-3H3,(H2,15,16,18). The van der Waals surface area contributed by atoms with Crippen molar-refractivity contribution in [3.05, 3.63) is 29.3 Å². The molecular formula is C14H22N2OS. The maximum atomic E-state index is 5.23. The molecule has 0 aliphatic carbocycles. The molecule has 0 saturated heterocycles. The molecule has 0 unspecified atom stereocenters. The summed E-state index contributed by atoms with van der Waals surface area (Å²) in [4.78, 5) is 0. The molecule has 4 heteroatoms. The molecular weight excluding hydrogens is 244 g/mol. The lowest BCUT2D eigenvalue weighted by molar-refractivity contribution is 0.196. The van der Waals surface area contributed by atoms with Crippen LogP contribution in [0.1, 0.15) is 24.5 Å². The van der Waals surface area contributed by atoms with E-state index in [4.69, 9.17) is 17.0 Å². The van der Waals surface area contributed by atoms with Crippen LogP contribution in [-0.4, -0.2) is 25.4 Å². The summed E-state index contributed by atoms with van der Waals surface area (Å²) in [6, 6.07) is 6.32. The first kappa shape index (κ1) is 14.9. The Morgan fingerprint density at radius 1 is 1.39 bits per heavy atom. The van der Waals surface area contributed by atoms with Gasteiger partial charge in [0.1, 0.15) is 0 Å². The highest BCUT2D eigenvalue weighted by molar-refractivity contribution is 7.80. The molecule has 0 aromatic heterocycles. The van der Waals surface area contributed by atoms with Gasteiger partial charge >= 0.3 is 0 Å². The number of rotatable bonds is 6. The summed E-state index contributed by atoms with van der Waals surface area (Å²) in [6.45, 7) is 5.86. The summed E-state index contributed by atoms with van der Waals surface area (Å²) in [7, 11) is 1.70. The molecule has 1 rings (SSSR count). The van der Waals surface area contributed by atoms with Gasteiger partial charge in [0.2, 0.25) is 0 Å². The Bertz CT molecular complexity index is 393. The van der Waals surface area contributed by atoms with Crippen LogP contribution in [0.15, 0.2) is 18.2 Å². The SMILES string of the molecule is CCc1cc(NC(=S)NCCCOC)ccc1C. The molecule has 0 saturated carbocycles. The quantitative estimate of drug-likeness (QED) is 0.613. The van der Waals surface area contributed by atoms with Crippen LogP contribution in [0, 0.1) is 6.92 Å². The summed E-state index contributed by atoms with van der Waals surface area (Å²) < 4.78 is 4.98. The number of benzene rings is 1. The van der Waals surface area contributed by atoms with Crippen LogP contribution in [0.3, 0.4) is 0 Å². The van der Waals surface area contributed by atoms with Crippen LogP contribution in [0.5, 0.6) is 0 Å². The van der Waals surface area contributed by atoms with E-state index in [1.807, 2.05) is 0 Å². The minimum atomic E-state index is 0.664. The van der Waals surface area contributed by atoms with E-state index in [-0.39, 0.29) is 0 Å². The van der Waals surface area contributed by atoms with Gasteiger partial charge < -0.3 is 15.4 Å². The number of methoxy groups -OCH3 is 1. The molecule has 3 nitrogen and oxygen atoms in total. The Morgan fingerprint density at radius 3 is 2.83 bits per heavy atom. The zero-order valence-corrected chi connectivity index (χ0v) is 12.2. The number of ether oxygens (including phenoxy) is 1. The van der Waals surface area contributed by atoms with Gasteiger partial charge in [0.05, 0.1) is 0 Å². The molecule has 1 aromatic carbocycles. The Balaban J connectivity index is 2.44. The van der Waals surface area contributed by atoms with E-state index in [1.165, 1.54) is 11.1 Å². The third-order valence-electron chi connectivity index (χ3n) is 2.80. The highest BCUT2D eigenvalue weighted by atomic mass is 32.1. The first-order valence-electron chi connectivity index (χ1n) is 6.30. The number of aryl methyl sites for hydroxylation is 2. The van der Waals surface area contributed by atoms with Crippen molar-refractivity contribution in [1.29, 1.82) is 0 Å². The Morgan fingerprint density at radius 2 is 2.17 bits per heavy atom. The van der Waals surface area contributed by atoms with Crippen LogP contribution in [0.4, 0.5) is 5.69 Å². The topological polar surface area (TPSA) is 33.3 Å². The summed E-state index contributed by atoms with van der Waals surface area (Å²) in [5.74, 6) is 0. The van der Waals surface area contributed by atoms with Gasteiger partial charge in [-0.25, -0.2) is 0 Å². The van der Waals surface area contributed by atoms with Gasteiger partial charge in [-0.05, 0) is 55.2 Å². The van der Waals surface area contributed by atoms with Crippen LogP contribution in [0.25, 0.3) is 0 Å². The lowest BCUT2D eigenvalue weighted by Crippen LogP contribution is -2.29. The molecule has 0 bridgehead atoms. The van der Waals surface area contributed by atoms with Gasteiger partial charge in [0.15, 0.2) is 5.11 Å². The van der Waals surface area contributed by atoms with Crippen molar-refractivity contribution in [2.75, 3.05) is 25.6 Å². The Hall–Kier alpha value is -1.13. The average molecular weight is 266 g/mol. The minimum Gasteiger partial charge on any atom is -0.385 e. The zero-order chi connectivity index (χ0) is 13.4. The largest absolute Gasteiger partial charge is 0.385 e. The summed E-state index contributed by atoms with van der Waals surface area (Å²) in [6.07, 6.45) is 1.99. The normalized spacial score (nSPS) is 10.2. The Kier molecular flexibility index (Phi) is 6.68. The molecule has 0 radical (unpaired) electrons. The van der Waals surface area contributed by atoms with E-state index >= 15 is 0 Å². The van der Waals surface area contributed by atoms with Crippen molar-refractivity contribution >= 4 is 23.0 Å². The van der Waals surface area contributed by atoms with Crippen LogP contribution >= 0.6 is 12.2 Å². The molecule has 100 valence electrons. The fraction of sp³-hybridized carbons (Fsp3) is 0.500. The van der Waals surface area contributed by atoms with Gasteiger partial charge in [0.25, 0.3) is 0 Å². The molecule has 18 heavy (non-hydrogen) atoms. The third-order valence-corrected chi connectivity index (χ3v) is 3.05. The van der Waals surface area contributed by atoms with Crippen molar-refractivity contribution in [1.82, 2.24) is 5.32 Å². The highest BCUT2D eigenvalue weighted by Gasteiger charge is 2.00. The molecule has 1 aromatic rings. The minimum absolute atomic E-state index is 0.664. The molecule has 0 fully saturated rings. The second-order valence-electron chi connectivity index (χ2n) is 4.22. The maximum Gasteiger partial charge on any atom is 0.170 e. The van der Waals surface area contributed by atoms with Crippen molar-refractivity contribution in [2.45, 2.75) is 26.7 Å². The van der Waals surface area contributed by atoms with Crippen LogP contribution in [-0.2, 0) is 11.2 Å². The molecule has 0 amide bonds. The lowest BCUT2D eigenvalue weighted by Gasteiger charge is -2.12. The molecule has 0 heterocycles. The van der Waals surface area contributed by atoms with E-state index in [2.05, 4.69) is 42.7 Å². The third kappa shape index (κ3) is 5.02. The first-order valence-corrected chi connectivity index (χ1v) is 6.71. The van der Waals surface area contributed by atoms with Crippen molar-refractivity contribution in [2.24, 2.45) is 0 Å². The summed E-state index contributed by atoms with van der Waals surface area (Å²) in [5, 5.41) is 7.02. The predicted octanol–water partition coefficient (Wildman–Crippen LogP) is 2.88. The second-order valence-corrected chi connectivity index (χ2v) is 4.63. The highest BCUT2D eigenvalue weighted by Crippen LogP contribution is 2.15. The molecule has 0 spiro atoms. The second kappa shape index (κ2) is 8.06. The fourth-order valence-corrected chi connectivity index (χ4v) is 1.94. The number of hydrogen-bond donors (Lipinski definition) is 2. The molecule has 2 N–H and O–H groups in total. The smallest absolute Gasteiger partial charge is 0.170 e. The van der Waals surface area contributed by atoms with Crippen molar-refractivity contribution in [3.63, 3.8) is 0 Å². The van der Waals surface area contributed by atoms with E-state index in [1.54, 1.807) is 7.11 Å². The molecule has 0 aliphatic rings. The monoisotopic (exact) mass is 266 g/mol. The number of nitrogens with one attached hydrogen (secondary N) is 2. The van der Waals surface area contributed by atoms with E-state index in [0.29, 0.717) is 5.11 Å². The molecule has 0 aliphatic heterocycles. The van der Waals surface area contributed by atoms with Gasteiger partial charge in [-0.3, -0.25) is 0 Å². The maximum absolute atomic E-state index is 5.23. The zero-order valence-electron chi connectivity index (χ0n) is 11.4. The number of thiocarbonyl (C=S) groups is 1. The van der Waals surface area contributed by atoms with E-state index in [0.717, 1.165) is 31.7 Å². The summed E-state index contributed by atoms with van der Waals surface area (Å²) in [5.41, 5.74) is 3.71. The van der Waals surface area contributed by atoms with Crippen LogP contribution in [0.2, 0.25) is 0 Å². The van der Waals surface area contributed by atoms with E-state index in [9.17, 15) is 0 Å². The van der Waals surface area contributed by atoms with Crippen molar-refractivity contribution < 1.29 is 4.74 Å². The van der Waals surface area contributed by atoms with Gasteiger partial charge in [0, 0.05) is 25.9 Å². The number of hydrogen-bond acceptors (Lipinski definition) is 2. The van der Waals surface area contributed by atoms with Gasteiger partial charge in [-0.1, -0.05) is 13.0 Å². The predicted molar refractivity (Wildman–Crippen MR) is 81.3 cm³/mol. The van der Waals surface area contributed by atoms with E-state index < -0.39 is 0 Å².